The number of nitro benzene ring substituents is 1. The molecule has 1 aromatic heterocycles. The molecular weight excluding hydrogens is 528 g/mol. The van der Waals surface area contributed by atoms with Crippen LogP contribution in [0, 0.1) is 21.7 Å². The summed E-state index contributed by atoms with van der Waals surface area (Å²) in [5, 5.41) is 21.1. The summed E-state index contributed by atoms with van der Waals surface area (Å²) in [4.78, 5) is 22.8. The van der Waals surface area contributed by atoms with E-state index in [0.717, 1.165) is 6.07 Å². The second-order valence-electron chi connectivity index (χ2n) is 9.01. The molecule has 0 amide bonds. The largest absolute Gasteiger partial charge is 0.392 e. The van der Waals surface area contributed by atoms with E-state index in [-0.39, 0.29) is 18.0 Å². The number of benzene rings is 3. The molecule has 1 N–H and O–H groups in total. The topological polar surface area (TPSA) is 105 Å². The Morgan fingerprint density at radius 3 is 2.46 bits per heavy atom. The van der Waals surface area contributed by atoms with Crippen LogP contribution in [0.15, 0.2) is 65.7 Å². The van der Waals surface area contributed by atoms with E-state index in [1.807, 2.05) is 13.0 Å². The Morgan fingerprint density at radius 2 is 1.82 bits per heavy atom. The minimum Gasteiger partial charge on any atom is -0.392 e. The van der Waals surface area contributed by atoms with Gasteiger partial charge in [-0.25, -0.2) is 13.8 Å². The highest BCUT2D eigenvalue weighted by Gasteiger charge is 2.24. The van der Waals surface area contributed by atoms with Gasteiger partial charge in [0, 0.05) is 41.7 Å². The Balaban J connectivity index is 1.61. The number of hydrogen-bond donors (Lipinski definition) is 1. The highest BCUT2D eigenvalue weighted by molar-refractivity contribution is 8.00. The number of non-ortho nitro benzene ring substituents is 1. The fraction of sp³-hybridized carbons (Fsp3) is 0.259. The van der Waals surface area contributed by atoms with Crippen LogP contribution in [-0.2, 0) is 11.3 Å². The summed E-state index contributed by atoms with van der Waals surface area (Å²) in [5.41, 5.74) is 2.66. The third-order valence-corrected chi connectivity index (χ3v) is 7.60. The first kappa shape index (κ1) is 26.7. The second-order valence-corrected chi connectivity index (χ2v) is 10.1. The van der Waals surface area contributed by atoms with Crippen molar-refractivity contribution in [3.05, 3.63) is 93.7 Å². The summed E-state index contributed by atoms with van der Waals surface area (Å²) in [6.07, 6.45) is 1.69. The molecular formula is C27H25F2N5O4S. The first-order valence-electron chi connectivity index (χ1n) is 12.2. The number of nitro groups is 1. The third-order valence-electron chi connectivity index (χ3n) is 6.40. The van der Waals surface area contributed by atoms with Crippen molar-refractivity contribution in [1.29, 1.82) is 0 Å². The Hall–Kier alpha value is -3.87. The zero-order chi connectivity index (χ0) is 27.5. The summed E-state index contributed by atoms with van der Waals surface area (Å²) >= 11 is 1.18. The lowest BCUT2D eigenvalue weighted by molar-refractivity contribution is -0.384. The first-order chi connectivity index (χ1) is 18.8. The number of rotatable bonds is 8. The van der Waals surface area contributed by atoms with E-state index in [1.54, 1.807) is 28.7 Å². The third kappa shape index (κ3) is 5.92. The molecule has 1 aliphatic rings. The van der Waals surface area contributed by atoms with Crippen LogP contribution in [0.4, 0.5) is 26.0 Å². The number of aromatic nitrogens is 2. The maximum Gasteiger partial charge on any atom is 0.269 e. The van der Waals surface area contributed by atoms with E-state index in [2.05, 4.69) is 9.88 Å². The second kappa shape index (κ2) is 11.5. The molecule has 9 nitrogen and oxygen atoms in total. The lowest BCUT2D eigenvalue weighted by Crippen LogP contribution is -2.36. The molecule has 0 saturated carbocycles. The lowest BCUT2D eigenvalue weighted by atomic mass is 10.0. The van der Waals surface area contributed by atoms with Crippen molar-refractivity contribution in [3.8, 4) is 0 Å². The van der Waals surface area contributed by atoms with Crippen LogP contribution >= 0.6 is 11.9 Å². The lowest BCUT2D eigenvalue weighted by Gasteiger charge is -2.31. The van der Waals surface area contributed by atoms with Crippen molar-refractivity contribution in [3.63, 3.8) is 0 Å². The monoisotopic (exact) mass is 553 g/mol. The van der Waals surface area contributed by atoms with Gasteiger partial charge in [-0.3, -0.25) is 15.1 Å². The molecule has 5 rings (SSSR count). The Bertz CT molecular complexity index is 1480. The molecule has 0 spiro atoms. The summed E-state index contributed by atoms with van der Waals surface area (Å²) < 4.78 is 35.9. The molecule has 12 heteroatoms. The fourth-order valence-electron chi connectivity index (χ4n) is 4.44. The Labute approximate surface area is 227 Å². The van der Waals surface area contributed by atoms with Crippen LogP contribution in [0.5, 0.6) is 0 Å². The standard InChI is InChI=1S/C27H25F2N5O4S/c1-17(24-10-18(16-35)11-25-27(24)31-26(15-30-25)32-6-8-38-9-7-32)33(22-13-19(28)12-20(29)14-22)39-23-4-2-21(3-5-23)34(36)37/h2-5,10-15,17,35H,6-9,16H2,1H3. The fourth-order valence-corrected chi connectivity index (χ4v) is 5.41. The van der Waals surface area contributed by atoms with Crippen molar-refractivity contribution in [2.24, 2.45) is 0 Å². The van der Waals surface area contributed by atoms with Crippen LogP contribution < -0.4 is 9.21 Å². The van der Waals surface area contributed by atoms with Crippen molar-refractivity contribution in [2.45, 2.75) is 24.5 Å². The Kier molecular flexibility index (Phi) is 7.87. The van der Waals surface area contributed by atoms with Crippen molar-refractivity contribution < 1.29 is 23.5 Å². The predicted molar refractivity (Wildman–Crippen MR) is 145 cm³/mol. The number of morpholine rings is 1. The van der Waals surface area contributed by atoms with Crippen LogP contribution in [0.1, 0.15) is 24.1 Å². The zero-order valence-electron chi connectivity index (χ0n) is 21.0. The maximum atomic E-state index is 14.3. The van der Waals surface area contributed by atoms with E-state index in [1.165, 1.54) is 36.2 Å². The van der Waals surface area contributed by atoms with Gasteiger partial charge in [0.15, 0.2) is 0 Å². The van der Waals surface area contributed by atoms with Gasteiger partial charge in [-0.2, -0.15) is 0 Å². The summed E-state index contributed by atoms with van der Waals surface area (Å²) in [7, 11) is 0. The minimum atomic E-state index is -0.741. The summed E-state index contributed by atoms with van der Waals surface area (Å²) in [6, 6.07) is 12.2. The molecule has 39 heavy (non-hydrogen) atoms. The first-order valence-corrected chi connectivity index (χ1v) is 13.0. The van der Waals surface area contributed by atoms with Crippen molar-refractivity contribution in [2.75, 3.05) is 35.5 Å². The SMILES string of the molecule is CC(c1cc(CO)cc2ncc(N3CCOCC3)nc12)N(Sc1ccc([N+](=O)[O-])cc1)c1cc(F)cc(F)c1. The Morgan fingerprint density at radius 1 is 1.13 bits per heavy atom. The zero-order valence-corrected chi connectivity index (χ0v) is 21.8. The normalized spacial score (nSPS) is 14.4. The molecule has 202 valence electrons. The van der Waals surface area contributed by atoms with Crippen LogP contribution in [0.25, 0.3) is 11.0 Å². The van der Waals surface area contributed by atoms with Crippen LogP contribution in [-0.4, -0.2) is 46.3 Å². The molecule has 1 atom stereocenters. The molecule has 0 bridgehead atoms. The van der Waals surface area contributed by atoms with Crippen molar-refractivity contribution in [1.82, 2.24) is 9.97 Å². The van der Waals surface area contributed by atoms with E-state index in [9.17, 15) is 24.0 Å². The number of nitrogens with zero attached hydrogens (tertiary/aromatic N) is 5. The van der Waals surface area contributed by atoms with Crippen LogP contribution in [0.2, 0.25) is 0 Å². The molecule has 2 heterocycles. The highest BCUT2D eigenvalue weighted by Crippen LogP contribution is 2.40. The number of aliphatic hydroxyl groups excluding tert-OH is 1. The molecule has 1 aliphatic heterocycles. The number of ether oxygens (including phenoxy) is 1. The summed E-state index contributed by atoms with van der Waals surface area (Å²) in [6.45, 7) is 4.14. The van der Waals surface area contributed by atoms with Gasteiger partial charge in [0.1, 0.15) is 17.5 Å². The molecule has 1 saturated heterocycles. The highest BCUT2D eigenvalue weighted by atomic mass is 32.2. The van der Waals surface area contributed by atoms with Gasteiger partial charge in [0.25, 0.3) is 5.69 Å². The van der Waals surface area contributed by atoms with Gasteiger partial charge in [-0.15, -0.1) is 0 Å². The van der Waals surface area contributed by atoms with Gasteiger partial charge in [0.05, 0.1) is 53.7 Å². The average molecular weight is 554 g/mol. The number of anilines is 2. The van der Waals surface area contributed by atoms with Gasteiger partial charge >= 0.3 is 0 Å². The average Bonchev–Trinajstić information content (AvgIpc) is 2.94. The van der Waals surface area contributed by atoms with Crippen molar-refractivity contribution >= 4 is 40.2 Å². The quantitative estimate of drug-likeness (QED) is 0.174. The van der Waals surface area contributed by atoms with E-state index in [4.69, 9.17) is 9.72 Å². The molecule has 0 radical (unpaired) electrons. The van der Waals surface area contributed by atoms with Gasteiger partial charge in [-0.1, -0.05) is 0 Å². The molecule has 0 aliphatic carbocycles. The predicted octanol–water partition coefficient (Wildman–Crippen LogP) is 5.42. The van der Waals surface area contributed by atoms with Gasteiger partial charge in [-0.05, 0) is 60.8 Å². The number of halogens is 2. The molecule has 3 aromatic carbocycles. The van der Waals surface area contributed by atoms with Gasteiger partial charge in [0.2, 0.25) is 0 Å². The molecule has 4 aromatic rings. The molecule has 1 fully saturated rings. The van der Waals surface area contributed by atoms with Gasteiger partial charge < -0.3 is 19.0 Å². The summed E-state index contributed by atoms with van der Waals surface area (Å²) in [5.74, 6) is -0.799. The maximum absolute atomic E-state index is 14.3. The van der Waals surface area contributed by atoms with E-state index >= 15 is 0 Å². The van der Waals surface area contributed by atoms with E-state index < -0.39 is 22.6 Å². The molecule has 1 unspecified atom stereocenters. The number of hydrogen-bond acceptors (Lipinski definition) is 9. The smallest absolute Gasteiger partial charge is 0.269 e. The number of aliphatic hydroxyl groups is 1. The van der Waals surface area contributed by atoms with Crippen LogP contribution in [0.3, 0.4) is 0 Å². The number of fused-ring (bicyclic) bond motifs is 1. The van der Waals surface area contributed by atoms with E-state index in [0.29, 0.717) is 59.2 Å². The minimum absolute atomic E-state index is 0.0664.